The average Bonchev–Trinajstić information content (AvgIpc) is 2.12. The predicted molar refractivity (Wildman–Crippen MR) is 74.1 cm³/mol. The van der Waals surface area contributed by atoms with Crippen molar-refractivity contribution < 1.29 is 4.79 Å². The van der Waals surface area contributed by atoms with Gasteiger partial charge in [0.2, 0.25) is 5.91 Å². The van der Waals surface area contributed by atoms with Crippen LogP contribution in [0.15, 0.2) is 0 Å². The zero-order valence-corrected chi connectivity index (χ0v) is 13.1. The van der Waals surface area contributed by atoms with Crippen molar-refractivity contribution in [2.75, 3.05) is 20.6 Å². The molecular formula is C14H30N2O. The fourth-order valence-electron chi connectivity index (χ4n) is 1.52. The van der Waals surface area contributed by atoms with Crippen LogP contribution in [0.3, 0.4) is 0 Å². The van der Waals surface area contributed by atoms with E-state index in [0.717, 1.165) is 6.54 Å². The minimum atomic E-state index is -0.302. The maximum atomic E-state index is 12.1. The number of amides is 1. The summed E-state index contributed by atoms with van der Waals surface area (Å²) in [5, 5.41) is 0. The summed E-state index contributed by atoms with van der Waals surface area (Å²) in [5.74, 6) is 0.201. The number of carbonyl (C=O) groups excluding carboxylic acids is 1. The highest BCUT2D eigenvalue weighted by atomic mass is 16.2. The molecule has 3 nitrogen and oxygen atoms in total. The third kappa shape index (κ3) is 5.07. The molecule has 0 bridgehead atoms. The fourth-order valence-corrected chi connectivity index (χ4v) is 1.52. The summed E-state index contributed by atoms with van der Waals surface area (Å²) in [4.78, 5) is 16.3. The van der Waals surface area contributed by atoms with Gasteiger partial charge in [-0.2, -0.15) is 0 Å². The van der Waals surface area contributed by atoms with Crippen LogP contribution in [-0.2, 0) is 4.79 Å². The van der Waals surface area contributed by atoms with E-state index in [1.54, 1.807) is 0 Å². The van der Waals surface area contributed by atoms with Crippen molar-refractivity contribution >= 4 is 5.91 Å². The molecule has 102 valence electrons. The van der Waals surface area contributed by atoms with E-state index in [9.17, 15) is 4.79 Å². The largest absolute Gasteiger partial charge is 0.341 e. The van der Waals surface area contributed by atoms with Crippen LogP contribution < -0.4 is 0 Å². The molecular weight excluding hydrogens is 212 g/mol. The van der Waals surface area contributed by atoms with Gasteiger partial charge >= 0.3 is 0 Å². The fraction of sp³-hybridized carbons (Fsp3) is 0.929. The lowest BCUT2D eigenvalue weighted by atomic mass is 9.94. The topological polar surface area (TPSA) is 23.6 Å². The zero-order valence-electron chi connectivity index (χ0n) is 13.1. The highest BCUT2D eigenvalue weighted by molar-refractivity contribution is 5.81. The number of likely N-dealkylation sites (N-methyl/N-ethyl adjacent to an activating group) is 2. The molecule has 0 aromatic carbocycles. The number of carbonyl (C=O) groups is 1. The number of nitrogens with zero attached hydrogens (tertiary/aromatic N) is 2. The third-order valence-electron chi connectivity index (χ3n) is 3.31. The minimum Gasteiger partial charge on any atom is -0.341 e. The summed E-state index contributed by atoms with van der Waals surface area (Å²) < 4.78 is 0. The van der Waals surface area contributed by atoms with E-state index in [1.807, 2.05) is 32.7 Å². The van der Waals surface area contributed by atoms with Crippen molar-refractivity contribution in [3.05, 3.63) is 0 Å². The van der Waals surface area contributed by atoms with Crippen LogP contribution in [0.5, 0.6) is 0 Å². The van der Waals surface area contributed by atoms with Gasteiger partial charge in [-0.15, -0.1) is 0 Å². The highest BCUT2D eigenvalue weighted by Gasteiger charge is 2.29. The molecule has 1 amide bonds. The number of rotatable bonds is 3. The molecule has 1 atom stereocenters. The van der Waals surface area contributed by atoms with Gasteiger partial charge in [0.05, 0.1) is 0 Å². The SMILES string of the molecule is CC(CN(C)C(C)(C)C)N(C)C(=O)C(C)(C)C. The lowest BCUT2D eigenvalue weighted by Gasteiger charge is -2.38. The molecule has 0 aromatic rings. The molecule has 0 aliphatic rings. The molecule has 17 heavy (non-hydrogen) atoms. The van der Waals surface area contributed by atoms with E-state index >= 15 is 0 Å². The van der Waals surface area contributed by atoms with Crippen molar-refractivity contribution in [1.29, 1.82) is 0 Å². The zero-order chi connectivity index (χ0) is 14.0. The second-order valence-corrected chi connectivity index (χ2v) is 7.07. The third-order valence-corrected chi connectivity index (χ3v) is 3.31. The monoisotopic (exact) mass is 242 g/mol. The van der Waals surface area contributed by atoms with Gasteiger partial charge in [0.25, 0.3) is 0 Å². The van der Waals surface area contributed by atoms with Crippen molar-refractivity contribution in [3.63, 3.8) is 0 Å². The van der Waals surface area contributed by atoms with Gasteiger partial charge in [0, 0.05) is 30.6 Å². The molecule has 0 saturated heterocycles. The Labute approximate surface area is 107 Å². The van der Waals surface area contributed by atoms with Crippen molar-refractivity contribution in [2.45, 2.75) is 60.0 Å². The predicted octanol–water partition coefficient (Wildman–Crippen LogP) is 2.61. The van der Waals surface area contributed by atoms with Crippen LogP contribution in [0.2, 0.25) is 0 Å². The summed E-state index contributed by atoms with van der Waals surface area (Å²) in [6.07, 6.45) is 0. The van der Waals surface area contributed by atoms with E-state index in [-0.39, 0.29) is 22.9 Å². The maximum absolute atomic E-state index is 12.1. The number of hydrogen-bond acceptors (Lipinski definition) is 2. The molecule has 0 spiro atoms. The van der Waals surface area contributed by atoms with Gasteiger partial charge in [-0.05, 0) is 34.7 Å². The normalized spacial score (nSPS) is 14.9. The summed E-state index contributed by atoms with van der Waals surface area (Å²) in [6.45, 7) is 15.4. The van der Waals surface area contributed by atoms with E-state index in [2.05, 4.69) is 39.6 Å². The molecule has 0 fully saturated rings. The standard InChI is InChI=1S/C14H30N2O/c1-11(10-15(8)14(5,6)7)16(9)12(17)13(2,3)4/h11H,10H2,1-9H3. The summed E-state index contributed by atoms with van der Waals surface area (Å²) >= 11 is 0. The first-order valence-electron chi connectivity index (χ1n) is 6.36. The van der Waals surface area contributed by atoms with Gasteiger partial charge in [-0.25, -0.2) is 0 Å². The Hall–Kier alpha value is -0.570. The van der Waals surface area contributed by atoms with Crippen molar-refractivity contribution in [3.8, 4) is 0 Å². The number of hydrogen-bond donors (Lipinski definition) is 0. The van der Waals surface area contributed by atoms with Crippen LogP contribution in [0.25, 0.3) is 0 Å². The van der Waals surface area contributed by atoms with Gasteiger partial charge in [-0.1, -0.05) is 20.8 Å². The second-order valence-electron chi connectivity index (χ2n) is 7.07. The van der Waals surface area contributed by atoms with Crippen molar-refractivity contribution in [2.24, 2.45) is 5.41 Å². The molecule has 0 aromatic heterocycles. The maximum Gasteiger partial charge on any atom is 0.227 e. The second kappa shape index (κ2) is 5.38. The summed E-state index contributed by atoms with van der Waals surface area (Å²) in [7, 11) is 4.00. The van der Waals surface area contributed by atoms with Crippen LogP contribution in [0.1, 0.15) is 48.5 Å². The Morgan fingerprint density at radius 3 is 1.76 bits per heavy atom. The summed E-state index contributed by atoms with van der Waals surface area (Å²) in [5.41, 5.74) is -0.163. The smallest absolute Gasteiger partial charge is 0.227 e. The molecule has 0 N–H and O–H groups in total. The Kier molecular flexibility index (Phi) is 5.20. The summed E-state index contributed by atoms with van der Waals surface area (Å²) in [6, 6.07) is 0.228. The lowest BCUT2D eigenvalue weighted by Crippen LogP contribution is -2.50. The molecule has 0 rings (SSSR count). The van der Waals surface area contributed by atoms with Gasteiger partial charge in [-0.3, -0.25) is 9.69 Å². The first-order valence-corrected chi connectivity index (χ1v) is 6.36. The molecule has 0 aliphatic carbocycles. The lowest BCUT2D eigenvalue weighted by molar-refractivity contribution is -0.140. The molecule has 0 saturated carbocycles. The average molecular weight is 242 g/mol. The van der Waals surface area contributed by atoms with Crippen LogP contribution in [0.4, 0.5) is 0 Å². The van der Waals surface area contributed by atoms with E-state index in [1.165, 1.54) is 0 Å². The van der Waals surface area contributed by atoms with Crippen molar-refractivity contribution in [1.82, 2.24) is 9.80 Å². The van der Waals surface area contributed by atoms with E-state index in [0.29, 0.717) is 0 Å². The molecule has 0 radical (unpaired) electrons. The Morgan fingerprint density at radius 1 is 1.06 bits per heavy atom. The Bertz CT molecular complexity index is 260. The molecule has 3 heteroatoms. The van der Waals surface area contributed by atoms with Crippen LogP contribution >= 0.6 is 0 Å². The van der Waals surface area contributed by atoms with E-state index < -0.39 is 0 Å². The van der Waals surface area contributed by atoms with Crippen LogP contribution in [-0.4, -0.2) is 47.9 Å². The van der Waals surface area contributed by atoms with E-state index in [4.69, 9.17) is 0 Å². The molecule has 1 unspecified atom stereocenters. The first kappa shape index (κ1) is 16.4. The minimum absolute atomic E-state index is 0.139. The molecule has 0 heterocycles. The highest BCUT2D eigenvalue weighted by Crippen LogP contribution is 2.19. The van der Waals surface area contributed by atoms with Gasteiger partial charge < -0.3 is 4.90 Å². The Morgan fingerprint density at radius 2 is 1.47 bits per heavy atom. The quantitative estimate of drug-likeness (QED) is 0.759. The van der Waals surface area contributed by atoms with Gasteiger partial charge in [0.1, 0.15) is 0 Å². The Balaban J connectivity index is 4.53. The first-order chi connectivity index (χ1) is 7.37. The van der Waals surface area contributed by atoms with Gasteiger partial charge in [0.15, 0.2) is 0 Å². The molecule has 0 aliphatic heterocycles. The van der Waals surface area contributed by atoms with Crippen LogP contribution in [0, 0.1) is 5.41 Å².